The highest BCUT2D eigenvalue weighted by Crippen LogP contribution is 2.32. The minimum atomic E-state index is -4.38. The minimum absolute atomic E-state index is 0.0886. The topological polar surface area (TPSA) is 66.4 Å². The molecule has 7 heteroatoms. The molecule has 0 radical (unpaired) electrons. The molecule has 2 N–H and O–H groups in total. The van der Waals surface area contributed by atoms with E-state index in [0.717, 1.165) is 18.6 Å². The van der Waals surface area contributed by atoms with Gasteiger partial charge in [0.2, 0.25) is 5.91 Å². The number of rotatable bonds is 6. The maximum Gasteiger partial charge on any atom is 0.416 e. The molecule has 0 aromatic heterocycles. The number of aliphatic carboxylic acids is 1. The van der Waals surface area contributed by atoms with Crippen molar-refractivity contribution in [1.82, 2.24) is 5.32 Å². The molecule has 0 aliphatic heterocycles. The van der Waals surface area contributed by atoms with Crippen molar-refractivity contribution in [2.24, 2.45) is 0 Å². The predicted molar refractivity (Wildman–Crippen MR) is 76.7 cm³/mol. The zero-order chi connectivity index (χ0) is 17.1. The molecular formula is C16H18F3NO3. The van der Waals surface area contributed by atoms with Gasteiger partial charge in [0.15, 0.2) is 0 Å². The van der Waals surface area contributed by atoms with Gasteiger partial charge in [-0.2, -0.15) is 13.2 Å². The Hall–Kier alpha value is -2.05. The van der Waals surface area contributed by atoms with E-state index in [1.54, 1.807) is 6.07 Å². The van der Waals surface area contributed by atoms with Crippen LogP contribution in [0.25, 0.3) is 0 Å². The van der Waals surface area contributed by atoms with E-state index in [4.69, 9.17) is 5.11 Å². The van der Waals surface area contributed by atoms with Crippen molar-refractivity contribution in [2.75, 3.05) is 0 Å². The Kier molecular flexibility index (Phi) is 4.97. The first-order chi connectivity index (χ1) is 10.7. The van der Waals surface area contributed by atoms with Crippen molar-refractivity contribution < 1.29 is 27.9 Å². The molecule has 1 aliphatic carbocycles. The lowest BCUT2D eigenvalue weighted by atomic mass is 9.76. The van der Waals surface area contributed by atoms with Gasteiger partial charge in [-0.15, -0.1) is 0 Å². The molecule has 0 unspecified atom stereocenters. The van der Waals surface area contributed by atoms with Gasteiger partial charge in [0.1, 0.15) is 5.54 Å². The van der Waals surface area contributed by atoms with Crippen LogP contribution in [0, 0.1) is 0 Å². The molecule has 0 bridgehead atoms. The Bertz CT molecular complexity index is 594. The summed E-state index contributed by atoms with van der Waals surface area (Å²) in [5, 5.41) is 11.7. The Morgan fingerprint density at radius 2 is 1.96 bits per heavy atom. The summed E-state index contributed by atoms with van der Waals surface area (Å²) in [6, 6.07) is 5.00. The van der Waals surface area contributed by atoms with Gasteiger partial charge in [-0.05, 0) is 43.7 Å². The van der Waals surface area contributed by atoms with Crippen molar-refractivity contribution in [2.45, 2.75) is 50.2 Å². The van der Waals surface area contributed by atoms with Crippen molar-refractivity contribution in [1.29, 1.82) is 0 Å². The molecule has 0 heterocycles. The number of amides is 1. The van der Waals surface area contributed by atoms with E-state index in [0.29, 0.717) is 31.2 Å². The van der Waals surface area contributed by atoms with Gasteiger partial charge in [0.05, 0.1) is 5.56 Å². The second-order valence-electron chi connectivity index (χ2n) is 5.84. The Balaban J connectivity index is 1.83. The number of hydrogen-bond acceptors (Lipinski definition) is 2. The molecule has 2 rings (SSSR count). The van der Waals surface area contributed by atoms with E-state index in [-0.39, 0.29) is 12.3 Å². The summed E-state index contributed by atoms with van der Waals surface area (Å²) < 4.78 is 37.8. The number of carbonyl (C=O) groups excluding carboxylic acids is 1. The van der Waals surface area contributed by atoms with E-state index in [2.05, 4.69) is 5.32 Å². The zero-order valence-corrected chi connectivity index (χ0v) is 12.4. The van der Waals surface area contributed by atoms with Gasteiger partial charge in [0, 0.05) is 6.42 Å². The van der Waals surface area contributed by atoms with Crippen LogP contribution >= 0.6 is 0 Å². The molecule has 4 nitrogen and oxygen atoms in total. The third-order valence-electron chi connectivity index (χ3n) is 4.12. The van der Waals surface area contributed by atoms with E-state index in [1.807, 2.05) is 0 Å². The number of hydrogen-bond donors (Lipinski definition) is 2. The molecule has 23 heavy (non-hydrogen) atoms. The monoisotopic (exact) mass is 329 g/mol. The maximum absolute atomic E-state index is 12.6. The Morgan fingerprint density at radius 1 is 1.26 bits per heavy atom. The summed E-state index contributed by atoms with van der Waals surface area (Å²) >= 11 is 0. The first-order valence-electron chi connectivity index (χ1n) is 7.43. The molecule has 0 atom stereocenters. The highest BCUT2D eigenvalue weighted by molar-refractivity contribution is 5.87. The third kappa shape index (κ3) is 4.24. The maximum atomic E-state index is 12.6. The summed E-state index contributed by atoms with van der Waals surface area (Å²) in [6.07, 6.45) is -2.00. The Morgan fingerprint density at radius 3 is 2.48 bits per heavy atom. The number of nitrogens with one attached hydrogen (secondary N) is 1. The van der Waals surface area contributed by atoms with Gasteiger partial charge in [0.25, 0.3) is 0 Å². The molecular weight excluding hydrogens is 311 g/mol. The van der Waals surface area contributed by atoms with Crippen molar-refractivity contribution in [3.8, 4) is 0 Å². The van der Waals surface area contributed by atoms with Gasteiger partial charge in [-0.3, -0.25) is 4.79 Å². The minimum Gasteiger partial charge on any atom is -0.480 e. The second kappa shape index (κ2) is 6.60. The molecule has 0 saturated heterocycles. The van der Waals surface area contributed by atoms with Crippen LogP contribution in [0.15, 0.2) is 24.3 Å². The lowest BCUT2D eigenvalue weighted by Gasteiger charge is -2.38. The molecule has 126 valence electrons. The molecule has 1 aliphatic rings. The SMILES string of the molecule is O=C(CCCc1cccc(C(F)(F)F)c1)NC1(C(=O)O)CCC1. The quantitative estimate of drug-likeness (QED) is 0.842. The summed E-state index contributed by atoms with van der Waals surface area (Å²) in [7, 11) is 0. The van der Waals surface area contributed by atoms with Crippen LogP contribution in [0.5, 0.6) is 0 Å². The van der Waals surface area contributed by atoms with Gasteiger partial charge in [-0.25, -0.2) is 4.79 Å². The fourth-order valence-corrected chi connectivity index (χ4v) is 2.61. The fourth-order valence-electron chi connectivity index (χ4n) is 2.61. The van der Waals surface area contributed by atoms with Crippen LogP contribution in [0.2, 0.25) is 0 Å². The molecule has 1 amide bonds. The second-order valence-corrected chi connectivity index (χ2v) is 5.84. The first-order valence-corrected chi connectivity index (χ1v) is 7.43. The van der Waals surface area contributed by atoms with Crippen LogP contribution in [-0.2, 0) is 22.2 Å². The predicted octanol–water partition coefficient (Wildman–Crippen LogP) is 3.15. The fraction of sp³-hybridized carbons (Fsp3) is 0.500. The van der Waals surface area contributed by atoms with Gasteiger partial charge >= 0.3 is 12.1 Å². The molecule has 0 spiro atoms. The lowest BCUT2D eigenvalue weighted by Crippen LogP contribution is -2.59. The van der Waals surface area contributed by atoms with Crippen molar-refractivity contribution >= 4 is 11.9 Å². The van der Waals surface area contributed by atoms with Gasteiger partial charge < -0.3 is 10.4 Å². The number of carboxylic acids is 1. The third-order valence-corrected chi connectivity index (χ3v) is 4.12. The summed E-state index contributed by atoms with van der Waals surface area (Å²) in [5.41, 5.74) is -1.35. The lowest BCUT2D eigenvalue weighted by molar-refractivity contribution is -0.151. The number of carbonyl (C=O) groups is 2. The van der Waals surface area contributed by atoms with Crippen molar-refractivity contribution in [3.63, 3.8) is 0 Å². The zero-order valence-electron chi connectivity index (χ0n) is 12.4. The molecule has 1 aromatic carbocycles. The average Bonchev–Trinajstić information content (AvgIpc) is 2.42. The van der Waals surface area contributed by atoms with Crippen LogP contribution in [0.1, 0.15) is 43.2 Å². The smallest absolute Gasteiger partial charge is 0.416 e. The van der Waals surface area contributed by atoms with Crippen LogP contribution in [0.3, 0.4) is 0 Å². The van der Waals surface area contributed by atoms with Crippen molar-refractivity contribution in [3.05, 3.63) is 35.4 Å². The van der Waals surface area contributed by atoms with E-state index in [9.17, 15) is 22.8 Å². The van der Waals surface area contributed by atoms with E-state index < -0.39 is 23.2 Å². The number of benzene rings is 1. The molecule has 1 saturated carbocycles. The van der Waals surface area contributed by atoms with Gasteiger partial charge in [-0.1, -0.05) is 18.2 Å². The highest BCUT2D eigenvalue weighted by atomic mass is 19.4. The number of carboxylic acid groups (broad SMARTS) is 1. The van der Waals surface area contributed by atoms with Crippen LogP contribution in [0.4, 0.5) is 13.2 Å². The summed E-state index contributed by atoms with van der Waals surface area (Å²) in [5.74, 6) is -1.41. The highest BCUT2D eigenvalue weighted by Gasteiger charge is 2.45. The number of halogens is 3. The summed E-state index contributed by atoms with van der Waals surface area (Å²) in [4.78, 5) is 23.0. The number of alkyl halides is 3. The first kappa shape index (κ1) is 17.3. The standard InChI is InChI=1S/C16H18F3NO3/c17-16(18,19)12-6-1-4-11(10-12)5-2-7-13(21)20-15(14(22)23)8-3-9-15/h1,4,6,10H,2-3,5,7-9H2,(H,20,21)(H,22,23). The number of aryl methyl sites for hydroxylation is 1. The normalized spacial score (nSPS) is 16.5. The summed E-state index contributed by atoms with van der Waals surface area (Å²) in [6.45, 7) is 0. The Labute approximate surface area is 131 Å². The van der Waals surface area contributed by atoms with Crippen LogP contribution in [-0.4, -0.2) is 22.5 Å². The average molecular weight is 329 g/mol. The molecule has 1 fully saturated rings. The van der Waals surface area contributed by atoms with E-state index in [1.165, 1.54) is 6.07 Å². The largest absolute Gasteiger partial charge is 0.480 e. The van der Waals surface area contributed by atoms with Crippen LogP contribution < -0.4 is 5.32 Å². The molecule has 1 aromatic rings. The van der Waals surface area contributed by atoms with E-state index >= 15 is 0 Å².